The number of amides is 1. The SMILES string of the molecule is CCCNCCNC(=O)C(C)(C)c1ccc(OC)c(OC)c1. The predicted octanol–water partition coefficient (Wildman–Crippen LogP) is 2.10. The number of methoxy groups -OCH3 is 2. The van der Waals surface area contributed by atoms with Crippen molar-refractivity contribution in [1.29, 1.82) is 0 Å². The van der Waals surface area contributed by atoms with Crippen molar-refractivity contribution in [2.75, 3.05) is 33.9 Å². The van der Waals surface area contributed by atoms with Crippen LogP contribution in [0.25, 0.3) is 0 Å². The van der Waals surface area contributed by atoms with Gasteiger partial charge >= 0.3 is 0 Å². The Morgan fingerprint density at radius 1 is 1.09 bits per heavy atom. The van der Waals surface area contributed by atoms with Crippen LogP contribution in [0, 0.1) is 0 Å². The fourth-order valence-electron chi connectivity index (χ4n) is 2.14. The Kier molecular flexibility index (Phi) is 7.18. The molecule has 1 rings (SSSR count). The minimum atomic E-state index is -0.635. The summed E-state index contributed by atoms with van der Waals surface area (Å²) in [5.74, 6) is 1.29. The summed E-state index contributed by atoms with van der Waals surface area (Å²) in [5.41, 5.74) is 0.258. The van der Waals surface area contributed by atoms with Crippen LogP contribution in [0.1, 0.15) is 32.8 Å². The molecule has 2 N–H and O–H groups in total. The van der Waals surface area contributed by atoms with Gasteiger partial charge in [-0.25, -0.2) is 0 Å². The van der Waals surface area contributed by atoms with Gasteiger partial charge < -0.3 is 20.1 Å². The smallest absolute Gasteiger partial charge is 0.230 e. The van der Waals surface area contributed by atoms with E-state index in [1.807, 2.05) is 32.0 Å². The van der Waals surface area contributed by atoms with E-state index in [0.29, 0.717) is 18.0 Å². The van der Waals surface area contributed by atoms with Crippen molar-refractivity contribution in [2.24, 2.45) is 0 Å². The van der Waals surface area contributed by atoms with Crippen LogP contribution >= 0.6 is 0 Å². The Balaban J connectivity index is 2.73. The maximum atomic E-state index is 12.4. The van der Waals surface area contributed by atoms with Gasteiger partial charge in [0.2, 0.25) is 5.91 Å². The molecule has 0 saturated heterocycles. The monoisotopic (exact) mass is 308 g/mol. The third kappa shape index (κ3) is 4.63. The first-order chi connectivity index (χ1) is 10.5. The second kappa shape index (κ2) is 8.63. The second-order valence-electron chi connectivity index (χ2n) is 5.70. The highest BCUT2D eigenvalue weighted by molar-refractivity contribution is 5.87. The fourth-order valence-corrected chi connectivity index (χ4v) is 2.14. The zero-order valence-corrected chi connectivity index (χ0v) is 14.3. The molecule has 0 fully saturated rings. The van der Waals surface area contributed by atoms with E-state index in [1.54, 1.807) is 14.2 Å². The van der Waals surface area contributed by atoms with E-state index in [2.05, 4.69) is 17.6 Å². The summed E-state index contributed by atoms with van der Waals surface area (Å²) in [6.07, 6.45) is 1.09. The average molecular weight is 308 g/mol. The number of nitrogens with one attached hydrogen (secondary N) is 2. The van der Waals surface area contributed by atoms with Gasteiger partial charge in [0.05, 0.1) is 19.6 Å². The van der Waals surface area contributed by atoms with Gasteiger partial charge in [0.1, 0.15) is 0 Å². The van der Waals surface area contributed by atoms with E-state index in [1.165, 1.54) is 0 Å². The van der Waals surface area contributed by atoms with Gasteiger partial charge in [-0.1, -0.05) is 13.0 Å². The standard InChI is InChI=1S/C17H28N2O3/c1-6-9-18-10-11-19-16(20)17(2,3)13-7-8-14(21-4)15(12-13)22-5/h7-8,12,18H,6,9-11H2,1-5H3,(H,19,20). The first kappa shape index (κ1) is 18.3. The normalized spacial score (nSPS) is 11.1. The van der Waals surface area contributed by atoms with Crippen LogP contribution < -0.4 is 20.1 Å². The molecule has 0 heterocycles. The second-order valence-corrected chi connectivity index (χ2v) is 5.70. The quantitative estimate of drug-likeness (QED) is 0.686. The number of carbonyl (C=O) groups is 1. The molecule has 1 aromatic rings. The number of hydrogen-bond donors (Lipinski definition) is 2. The molecule has 5 nitrogen and oxygen atoms in total. The first-order valence-corrected chi connectivity index (χ1v) is 7.68. The summed E-state index contributed by atoms with van der Waals surface area (Å²) in [4.78, 5) is 12.4. The van der Waals surface area contributed by atoms with Gasteiger partial charge in [-0.2, -0.15) is 0 Å². The summed E-state index contributed by atoms with van der Waals surface area (Å²) in [6, 6.07) is 5.58. The van der Waals surface area contributed by atoms with Crippen LogP contribution in [0.2, 0.25) is 0 Å². The third-order valence-electron chi connectivity index (χ3n) is 3.69. The number of carbonyl (C=O) groups excluding carboxylic acids is 1. The summed E-state index contributed by atoms with van der Waals surface area (Å²) in [7, 11) is 3.19. The molecule has 0 radical (unpaired) electrons. The molecule has 0 bridgehead atoms. The summed E-state index contributed by atoms with van der Waals surface area (Å²) in [5, 5.41) is 6.24. The van der Waals surface area contributed by atoms with Crippen LogP contribution in [-0.4, -0.2) is 39.8 Å². The molecule has 0 saturated carbocycles. The lowest BCUT2D eigenvalue weighted by molar-refractivity contribution is -0.125. The highest BCUT2D eigenvalue weighted by atomic mass is 16.5. The maximum absolute atomic E-state index is 12.4. The van der Waals surface area contributed by atoms with Gasteiger partial charge in [0, 0.05) is 13.1 Å². The molecule has 124 valence electrons. The lowest BCUT2D eigenvalue weighted by Gasteiger charge is -2.25. The number of benzene rings is 1. The molecule has 0 unspecified atom stereocenters. The van der Waals surface area contributed by atoms with Crippen molar-refractivity contribution < 1.29 is 14.3 Å². The Bertz CT molecular complexity index is 487. The molecule has 1 aromatic carbocycles. The van der Waals surface area contributed by atoms with E-state index in [9.17, 15) is 4.79 Å². The van der Waals surface area contributed by atoms with E-state index in [-0.39, 0.29) is 5.91 Å². The van der Waals surface area contributed by atoms with Gasteiger partial charge in [-0.3, -0.25) is 4.79 Å². The molecular weight excluding hydrogens is 280 g/mol. The molecular formula is C17H28N2O3. The Hall–Kier alpha value is -1.75. The maximum Gasteiger partial charge on any atom is 0.230 e. The van der Waals surface area contributed by atoms with Crippen molar-refractivity contribution in [3.63, 3.8) is 0 Å². The molecule has 0 spiro atoms. The van der Waals surface area contributed by atoms with E-state index < -0.39 is 5.41 Å². The zero-order valence-electron chi connectivity index (χ0n) is 14.3. The number of hydrogen-bond acceptors (Lipinski definition) is 4. The predicted molar refractivity (Wildman–Crippen MR) is 88.7 cm³/mol. The topological polar surface area (TPSA) is 59.6 Å². The summed E-state index contributed by atoms with van der Waals surface area (Å²) in [6.45, 7) is 8.30. The highest BCUT2D eigenvalue weighted by Crippen LogP contribution is 2.33. The first-order valence-electron chi connectivity index (χ1n) is 7.68. The number of rotatable bonds is 9. The molecule has 0 atom stereocenters. The van der Waals surface area contributed by atoms with Crippen molar-refractivity contribution in [3.05, 3.63) is 23.8 Å². The highest BCUT2D eigenvalue weighted by Gasteiger charge is 2.30. The molecule has 0 aromatic heterocycles. The fraction of sp³-hybridized carbons (Fsp3) is 0.588. The molecule has 1 amide bonds. The number of ether oxygens (including phenoxy) is 2. The van der Waals surface area contributed by atoms with Crippen molar-refractivity contribution in [3.8, 4) is 11.5 Å². The van der Waals surface area contributed by atoms with Crippen LogP contribution in [0.15, 0.2) is 18.2 Å². The molecule has 22 heavy (non-hydrogen) atoms. The largest absolute Gasteiger partial charge is 0.493 e. The Labute approximate surface area is 133 Å². The van der Waals surface area contributed by atoms with Crippen molar-refractivity contribution >= 4 is 5.91 Å². The lowest BCUT2D eigenvalue weighted by Crippen LogP contribution is -2.42. The minimum absolute atomic E-state index is 0.00183. The van der Waals surface area contributed by atoms with Gasteiger partial charge in [0.15, 0.2) is 11.5 Å². The molecule has 5 heteroatoms. The van der Waals surface area contributed by atoms with Crippen molar-refractivity contribution in [2.45, 2.75) is 32.6 Å². The average Bonchev–Trinajstić information content (AvgIpc) is 2.53. The molecule has 0 aliphatic heterocycles. The van der Waals surface area contributed by atoms with Gasteiger partial charge in [-0.05, 0) is 44.5 Å². The zero-order chi connectivity index (χ0) is 16.6. The third-order valence-corrected chi connectivity index (χ3v) is 3.69. The van der Waals surface area contributed by atoms with Crippen LogP contribution in [0.3, 0.4) is 0 Å². The minimum Gasteiger partial charge on any atom is -0.493 e. The van der Waals surface area contributed by atoms with Crippen LogP contribution in [0.5, 0.6) is 11.5 Å². The Morgan fingerprint density at radius 2 is 1.77 bits per heavy atom. The van der Waals surface area contributed by atoms with E-state index >= 15 is 0 Å². The van der Waals surface area contributed by atoms with Crippen molar-refractivity contribution in [1.82, 2.24) is 10.6 Å². The Morgan fingerprint density at radius 3 is 2.36 bits per heavy atom. The summed E-state index contributed by atoms with van der Waals surface area (Å²) >= 11 is 0. The lowest BCUT2D eigenvalue weighted by atomic mass is 9.83. The summed E-state index contributed by atoms with van der Waals surface area (Å²) < 4.78 is 10.5. The molecule has 0 aliphatic rings. The van der Waals surface area contributed by atoms with Crippen LogP contribution in [0.4, 0.5) is 0 Å². The molecule has 0 aliphatic carbocycles. The van der Waals surface area contributed by atoms with E-state index in [0.717, 1.165) is 25.1 Å². The van der Waals surface area contributed by atoms with Gasteiger partial charge in [0.25, 0.3) is 0 Å². The van der Waals surface area contributed by atoms with E-state index in [4.69, 9.17) is 9.47 Å². The van der Waals surface area contributed by atoms with Crippen LogP contribution in [-0.2, 0) is 10.2 Å². The van der Waals surface area contributed by atoms with Gasteiger partial charge in [-0.15, -0.1) is 0 Å².